The average molecular weight is 244 g/mol. The minimum Gasteiger partial charge on any atom is -0.481 e. The fourth-order valence-electron chi connectivity index (χ4n) is 1.53. The normalized spacial score (nSPS) is 14.5. The molecule has 0 aliphatic heterocycles. The summed E-state index contributed by atoms with van der Waals surface area (Å²) in [6.45, 7) is 7.86. The fourth-order valence-corrected chi connectivity index (χ4v) is 1.53. The Labute approximate surface area is 103 Å². The van der Waals surface area contributed by atoms with E-state index in [2.05, 4.69) is 0 Å². The molecule has 5 nitrogen and oxygen atoms in total. The van der Waals surface area contributed by atoms with Crippen LogP contribution in [0, 0.1) is 5.92 Å². The zero-order valence-electron chi connectivity index (χ0n) is 11.1. The van der Waals surface area contributed by atoms with Crippen molar-refractivity contribution < 1.29 is 14.7 Å². The van der Waals surface area contributed by atoms with Crippen LogP contribution in [0.5, 0.6) is 0 Å². The standard InChI is InChI=1S/C12H24N2O3/c1-5-9(4)11(13)12(17)14(8(2)3)7-6-10(15)16/h8-9,11H,5-7,13H2,1-4H3,(H,15,16). The number of carboxylic acid groups (broad SMARTS) is 1. The van der Waals surface area contributed by atoms with Gasteiger partial charge in [0.1, 0.15) is 0 Å². The van der Waals surface area contributed by atoms with Gasteiger partial charge in [-0.3, -0.25) is 9.59 Å². The molecule has 0 aromatic carbocycles. The number of hydrogen-bond acceptors (Lipinski definition) is 3. The van der Waals surface area contributed by atoms with Crippen LogP contribution in [0.3, 0.4) is 0 Å². The molecule has 3 N–H and O–H groups in total. The highest BCUT2D eigenvalue weighted by Crippen LogP contribution is 2.11. The lowest BCUT2D eigenvalue weighted by molar-refractivity contribution is -0.140. The predicted molar refractivity (Wildman–Crippen MR) is 66.5 cm³/mol. The van der Waals surface area contributed by atoms with Crippen LogP contribution in [0.15, 0.2) is 0 Å². The van der Waals surface area contributed by atoms with E-state index in [0.717, 1.165) is 6.42 Å². The second-order valence-corrected chi connectivity index (χ2v) is 4.68. The lowest BCUT2D eigenvalue weighted by atomic mass is 9.98. The van der Waals surface area contributed by atoms with E-state index in [-0.39, 0.29) is 30.8 Å². The summed E-state index contributed by atoms with van der Waals surface area (Å²) in [5, 5.41) is 8.65. The van der Waals surface area contributed by atoms with Crippen LogP contribution in [0.25, 0.3) is 0 Å². The second-order valence-electron chi connectivity index (χ2n) is 4.68. The summed E-state index contributed by atoms with van der Waals surface area (Å²) in [6, 6.07) is -0.576. The molecule has 2 atom stereocenters. The van der Waals surface area contributed by atoms with Crippen LogP contribution < -0.4 is 5.73 Å². The molecule has 0 aromatic heterocycles. The van der Waals surface area contributed by atoms with Crippen molar-refractivity contribution in [1.82, 2.24) is 4.90 Å². The topological polar surface area (TPSA) is 83.6 Å². The number of carbonyl (C=O) groups excluding carboxylic acids is 1. The van der Waals surface area contributed by atoms with Gasteiger partial charge in [0.15, 0.2) is 0 Å². The summed E-state index contributed by atoms with van der Waals surface area (Å²) in [7, 11) is 0. The largest absolute Gasteiger partial charge is 0.481 e. The SMILES string of the molecule is CCC(C)C(N)C(=O)N(CCC(=O)O)C(C)C. The Bertz CT molecular complexity index is 266. The quantitative estimate of drug-likeness (QED) is 0.701. The number of nitrogens with zero attached hydrogens (tertiary/aromatic N) is 1. The number of aliphatic carboxylic acids is 1. The molecule has 0 rings (SSSR count). The molecule has 100 valence electrons. The Morgan fingerprint density at radius 2 is 1.82 bits per heavy atom. The number of carboxylic acids is 1. The maximum atomic E-state index is 12.1. The summed E-state index contributed by atoms with van der Waals surface area (Å²) < 4.78 is 0. The van der Waals surface area contributed by atoms with Gasteiger partial charge in [0.05, 0.1) is 12.5 Å². The molecule has 0 aliphatic carbocycles. The minimum absolute atomic E-state index is 0.0306. The van der Waals surface area contributed by atoms with E-state index >= 15 is 0 Å². The van der Waals surface area contributed by atoms with Gasteiger partial charge in [0, 0.05) is 12.6 Å². The maximum absolute atomic E-state index is 12.1. The van der Waals surface area contributed by atoms with Gasteiger partial charge in [-0.05, 0) is 19.8 Å². The van der Waals surface area contributed by atoms with Gasteiger partial charge in [0.25, 0.3) is 0 Å². The molecule has 2 unspecified atom stereocenters. The first-order chi connectivity index (χ1) is 7.81. The lowest BCUT2D eigenvalue weighted by Gasteiger charge is -2.30. The molecule has 0 aliphatic rings. The van der Waals surface area contributed by atoms with Gasteiger partial charge in [-0.15, -0.1) is 0 Å². The zero-order valence-corrected chi connectivity index (χ0v) is 11.1. The van der Waals surface area contributed by atoms with Crippen molar-refractivity contribution >= 4 is 11.9 Å². The van der Waals surface area contributed by atoms with Crippen molar-refractivity contribution in [2.45, 2.75) is 52.6 Å². The highest BCUT2D eigenvalue weighted by molar-refractivity contribution is 5.82. The summed E-state index contributed by atoms with van der Waals surface area (Å²) in [6.07, 6.45) is 0.787. The van der Waals surface area contributed by atoms with Gasteiger partial charge < -0.3 is 15.7 Å². The Kier molecular flexibility index (Phi) is 6.80. The maximum Gasteiger partial charge on any atom is 0.305 e. The van der Waals surface area contributed by atoms with E-state index in [1.165, 1.54) is 0 Å². The molecule has 0 saturated heterocycles. The van der Waals surface area contributed by atoms with E-state index in [1.54, 1.807) is 4.90 Å². The monoisotopic (exact) mass is 244 g/mol. The van der Waals surface area contributed by atoms with Crippen molar-refractivity contribution in [2.24, 2.45) is 11.7 Å². The number of carbonyl (C=O) groups is 2. The Morgan fingerprint density at radius 1 is 1.29 bits per heavy atom. The number of nitrogens with two attached hydrogens (primary N) is 1. The number of amides is 1. The van der Waals surface area contributed by atoms with E-state index in [4.69, 9.17) is 10.8 Å². The van der Waals surface area contributed by atoms with Crippen LogP contribution in [0.1, 0.15) is 40.5 Å². The van der Waals surface area contributed by atoms with E-state index in [0.29, 0.717) is 0 Å². The van der Waals surface area contributed by atoms with Crippen LogP contribution in [-0.4, -0.2) is 40.5 Å². The molecule has 5 heteroatoms. The molecular weight excluding hydrogens is 220 g/mol. The van der Waals surface area contributed by atoms with Gasteiger partial charge >= 0.3 is 5.97 Å². The molecule has 0 saturated carbocycles. The molecule has 1 amide bonds. The van der Waals surface area contributed by atoms with Crippen LogP contribution >= 0.6 is 0 Å². The molecule has 17 heavy (non-hydrogen) atoms. The zero-order chi connectivity index (χ0) is 13.6. The van der Waals surface area contributed by atoms with Gasteiger partial charge in [-0.2, -0.15) is 0 Å². The minimum atomic E-state index is -0.902. The van der Waals surface area contributed by atoms with Gasteiger partial charge in [0.2, 0.25) is 5.91 Å². The van der Waals surface area contributed by atoms with Crippen molar-refractivity contribution in [2.75, 3.05) is 6.54 Å². The summed E-state index contributed by atoms with van der Waals surface area (Å²) in [5.74, 6) is -0.954. The predicted octanol–water partition coefficient (Wildman–Crippen LogP) is 1.07. The molecule has 0 bridgehead atoms. The highest BCUT2D eigenvalue weighted by atomic mass is 16.4. The van der Waals surface area contributed by atoms with E-state index in [9.17, 15) is 9.59 Å². The number of rotatable bonds is 7. The molecule has 0 aromatic rings. The van der Waals surface area contributed by atoms with Crippen LogP contribution in [0.2, 0.25) is 0 Å². The average Bonchev–Trinajstić information content (AvgIpc) is 2.25. The smallest absolute Gasteiger partial charge is 0.305 e. The van der Waals surface area contributed by atoms with E-state index in [1.807, 2.05) is 27.7 Å². The third-order valence-electron chi connectivity index (χ3n) is 3.02. The molecule has 0 fully saturated rings. The lowest BCUT2D eigenvalue weighted by Crippen LogP contribution is -2.50. The van der Waals surface area contributed by atoms with Crippen LogP contribution in [0.4, 0.5) is 0 Å². The van der Waals surface area contributed by atoms with E-state index < -0.39 is 12.0 Å². The van der Waals surface area contributed by atoms with Gasteiger partial charge in [-0.25, -0.2) is 0 Å². The summed E-state index contributed by atoms with van der Waals surface area (Å²) >= 11 is 0. The highest BCUT2D eigenvalue weighted by Gasteiger charge is 2.26. The third-order valence-corrected chi connectivity index (χ3v) is 3.02. The molecule has 0 radical (unpaired) electrons. The number of hydrogen-bond donors (Lipinski definition) is 2. The first-order valence-electron chi connectivity index (χ1n) is 6.09. The Balaban J connectivity index is 4.59. The van der Waals surface area contributed by atoms with Crippen molar-refractivity contribution in [3.63, 3.8) is 0 Å². The first kappa shape index (κ1) is 15.9. The molecular formula is C12H24N2O3. The molecule has 0 spiro atoms. The van der Waals surface area contributed by atoms with Crippen molar-refractivity contribution in [3.05, 3.63) is 0 Å². The third kappa shape index (κ3) is 5.17. The second kappa shape index (κ2) is 7.27. The molecule has 0 heterocycles. The Morgan fingerprint density at radius 3 is 2.18 bits per heavy atom. The Hall–Kier alpha value is -1.10. The van der Waals surface area contributed by atoms with Crippen molar-refractivity contribution in [3.8, 4) is 0 Å². The van der Waals surface area contributed by atoms with Gasteiger partial charge in [-0.1, -0.05) is 20.3 Å². The first-order valence-corrected chi connectivity index (χ1v) is 6.09. The summed E-state index contributed by atoms with van der Waals surface area (Å²) in [5.41, 5.74) is 5.88. The van der Waals surface area contributed by atoms with Crippen molar-refractivity contribution in [1.29, 1.82) is 0 Å². The fraction of sp³-hybridized carbons (Fsp3) is 0.833. The van der Waals surface area contributed by atoms with Crippen LogP contribution in [-0.2, 0) is 9.59 Å². The summed E-state index contributed by atoms with van der Waals surface area (Å²) in [4.78, 5) is 24.2.